The van der Waals surface area contributed by atoms with Gasteiger partial charge in [0, 0.05) is 6.92 Å². The molecule has 25 heavy (non-hydrogen) atoms. The molecule has 10 nitrogen and oxygen atoms in total. The Morgan fingerprint density at radius 1 is 1.44 bits per heavy atom. The Morgan fingerprint density at radius 2 is 2.16 bits per heavy atom. The molecule has 0 unspecified atom stereocenters. The van der Waals surface area contributed by atoms with Crippen LogP contribution in [0.25, 0.3) is 0 Å². The summed E-state index contributed by atoms with van der Waals surface area (Å²) in [5, 5.41) is 16.1. The summed E-state index contributed by atoms with van der Waals surface area (Å²) in [7, 11) is 0. The van der Waals surface area contributed by atoms with Gasteiger partial charge in [0.2, 0.25) is 5.75 Å². The molecule has 0 fully saturated rings. The van der Waals surface area contributed by atoms with Gasteiger partial charge in [-0.3, -0.25) is 0 Å². The number of carbonyl (C=O) groups is 2. The third-order valence-corrected chi connectivity index (χ3v) is 3.39. The number of pyridine rings is 1. The molecular formula is C15H18N4O6. The molecule has 0 spiro atoms. The first-order valence-corrected chi connectivity index (χ1v) is 7.56. The topological polar surface area (TPSA) is 133 Å². The molecule has 2 amide bonds. The van der Waals surface area contributed by atoms with Crippen LogP contribution in [0.2, 0.25) is 0 Å². The molecule has 0 saturated heterocycles. The van der Waals surface area contributed by atoms with E-state index in [0.29, 0.717) is 5.69 Å². The van der Waals surface area contributed by atoms with Gasteiger partial charge in [0.25, 0.3) is 0 Å². The molecule has 1 atom stereocenters. The van der Waals surface area contributed by atoms with Crippen molar-refractivity contribution in [1.82, 2.24) is 15.6 Å². The van der Waals surface area contributed by atoms with Crippen molar-refractivity contribution in [3.8, 4) is 5.75 Å². The number of nitrogens with one attached hydrogen (secondary N) is 2. The molecule has 1 aromatic rings. The van der Waals surface area contributed by atoms with Gasteiger partial charge in [-0.15, -0.1) is 0 Å². The quantitative estimate of drug-likeness (QED) is 0.447. The number of nitrogens with zero attached hydrogens (tertiary/aromatic N) is 2. The summed E-state index contributed by atoms with van der Waals surface area (Å²) in [5.41, 5.74) is 0.850. The number of aryl methyl sites for hydroxylation is 1. The number of hydrogen-bond donors (Lipinski definition) is 2. The zero-order valence-electron chi connectivity index (χ0n) is 14.0. The molecule has 0 bridgehead atoms. The second-order valence-electron chi connectivity index (χ2n) is 5.25. The highest BCUT2D eigenvalue weighted by Gasteiger charge is 2.30. The first-order valence-electron chi connectivity index (χ1n) is 7.56. The fourth-order valence-electron chi connectivity index (χ4n) is 2.32. The summed E-state index contributed by atoms with van der Waals surface area (Å²) < 4.78 is 10.4. The van der Waals surface area contributed by atoms with Gasteiger partial charge in [0.1, 0.15) is 12.3 Å². The van der Waals surface area contributed by atoms with Crippen molar-refractivity contribution in [2.45, 2.75) is 26.8 Å². The van der Waals surface area contributed by atoms with E-state index in [1.807, 2.05) is 0 Å². The molecule has 0 aromatic carbocycles. The van der Waals surface area contributed by atoms with E-state index >= 15 is 0 Å². The van der Waals surface area contributed by atoms with E-state index in [9.17, 15) is 19.7 Å². The van der Waals surface area contributed by atoms with Crippen LogP contribution in [0, 0.1) is 17.0 Å². The zero-order valence-corrected chi connectivity index (χ0v) is 14.0. The van der Waals surface area contributed by atoms with E-state index in [4.69, 9.17) is 9.47 Å². The van der Waals surface area contributed by atoms with Crippen LogP contribution in [0.5, 0.6) is 5.75 Å². The second kappa shape index (κ2) is 7.60. The van der Waals surface area contributed by atoms with E-state index < -0.39 is 28.8 Å². The molecule has 2 heterocycles. The normalized spacial score (nSPS) is 16.8. The number of nitro groups is 1. The summed E-state index contributed by atoms with van der Waals surface area (Å²) in [4.78, 5) is 38.0. The molecule has 0 radical (unpaired) electrons. The van der Waals surface area contributed by atoms with Gasteiger partial charge < -0.3 is 30.2 Å². The van der Waals surface area contributed by atoms with Gasteiger partial charge >= 0.3 is 17.8 Å². The van der Waals surface area contributed by atoms with Gasteiger partial charge in [-0.25, -0.2) is 9.59 Å². The van der Waals surface area contributed by atoms with Crippen molar-refractivity contribution in [3.63, 3.8) is 0 Å². The molecular weight excluding hydrogens is 332 g/mol. The first-order chi connectivity index (χ1) is 11.8. The van der Waals surface area contributed by atoms with Crippen molar-refractivity contribution in [3.05, 3.63) is 39.2 Å². The van der Waals surface area contributed by atoms with Crippen LogP contribution in [-0.4, -0.2) is 41.2 Å². The van der Waals surface area contributed by atoms with E-state index in [0.717, 1.165) is 0 Å². The smallest absolute Gasteiger partial charge is 0.406 e. The Morgan fingerprint density at radius 3 is 2.80 bits per heavy atom. The summed E-state index contributed by atoms with van der Waals surface area (Å²) >= 11 is 0. The Hall–Kier alpha value is -3.17. The number of amides is 2. The van der Waals surface area contributed by atoms with E-state index in [-0.39, 0.29) is 30.2 Å². The second-order valence-corrected chi connectivity index (χ2v) is 5.25. The standard InChI is InChI=1S/C15H18N4O6/c1-4-24-14(20)12-9(3)17-15(21)18-10(12)7-25-11-6-5-8(2)16-13(11)19(22)23/h5-6,9H,4,7H2,1-3H3,(H2,17,18,21)/t9-/m0/s1. The van der Waals surface area contributed by atoms with Crippen LogP contribution in [0.4, 0.5) is 10.6 Å². The third-order valence-electron chi connectivity index (χ3n) is 3.39. The van der Waals surface area contributed by atoms with E-state index in [2.05, 4.69) is 15.6 Å². The lowest BCUT2D eigenvalue weighted by atomic mass is 10.0. The van der Waals surface area contributed by atoms with Crippen LogP contribution in [0.1, 0.15) is 19.5 Å². The Balaban J connectivity index is 2.29. The van der Waals surface area contributed by atoms with Gasteiger partial charge in [0.15, 0.2) is 0 Å². The van der Waals surface area contributed by atoms with Gasteiger partial charge in [-0.2, -0.15) is 0 Å². The maximum Gasteiger partial charge on any atom is 0.406 e. The minimum Gasteiger partial charge on any atom is -0.479 e. The van der Waals surface area contributed by atoms with Gasteiger partial charge in [0.05, 0.1) is 23.9 Å². The minimum atomic E-state index is -0.660. The maximum absolute atomic E-state index is 12.1. The highest BCUT2D eigenvalue weighted by Crippen LogP contribution is 2.25. The Kier molecular flexibility index (Phi) is 5.52. The molecule has 1 aliphatic heterocycles. The number of hydrogen-bond acceptors (Lipinski definition) is 7. The molecule has 2 N–H and O–H groups in total. The molecule has 0 saturated carbocycles. The number of urea groups is 1. The van der Waals surface area contributed by atoms with Gasteiger partial charge in [-0.05, 0) is 35.9 Å². The lowest BCUT2D eigenvalue weighted by Crippen LogP contribution is -2.50. The van der Waals surface area contributed by atoms with E-state index in [1.54, 1.807) is 26.8 Å². The molecule has 10 heteroatoms. The third kappa shape index (κ3) is 4.22. The minimum absolute atomic E-state index is 0.0632. The van der Waals surface area contributed by atoms with Crippen LogP contribution >= 0.6 is 0 Å². The summed E-state index contributed by atoms with van der Waals surface area (Å²) in [5.74, 6) is -1.10. The molecule has 0 aliphatic carbocycles. The van der Waals surface area contributed by atoms with Crippen molar-refractivity contribution in [1.29, 1.82) is 0 Å². The maximum atomic E-state index is 12.1. The van der Waals surface area contributed by atoms with Crippen LogP contribution < -0.4 is 15.4 Å². The fraction of sp³-hybridized carbons (Fsp3) is 0.400. The number of rotatable bonds is 6. The molecule has 2 rings (SSSR count). The summed E-state index contributed by atoms with van der Waals surface area (Å²) in [6, 6.07) is 1.89. The number of ether oxygens (including phenoxy) is 2. The van der Waals surface area contributed by atoms with Crippen molar-refractivity contribution >= 4 is 17.8 Å². The van der Waals surface area contributed by atoms with Crippen molar-refractivity contribution < 1.29 is 24.0 Å². The number of aromatic nitrogens is 1. The predicted octanol–water partition coefficient (Wildman–Crippen LogP) is 1.20. The average Bonchev–Trinajstić information content (AvgIpc) is 2.53. The van der Waals surface area contributed by atoms with E-state index in [1.165, 1.54) is 6.07 Å². The lowest BCUT2D eigenvalue weighted by Gasteiger charge is -2.26. The largest absolute Gasteiger partial charge is 0.479 e. The number of esters is 1. The highest BCUT2D eigenvalue weighted by molar-refractivity contribution is 5.94. The van der Waals surface area contributed by atoms with Crippen LogP contribution in [-0.2, 0) is 9.53 Å². The number of carbonyl (C=O) groups excluding carboxylic acids is 2. The SMILES string of the molecule is CCOC(=O)C1=C(COc2ccc(C)nc2[N+](=O)[O-])NC(=O)N[C@H]1C. The first kappa shape index (κ1) is 18.2. The zero-order chi connectivity index (χ0) is 18.6. The van der Waals surface area contributed by atoms with Crippen molar-refractivity contribution in [2.24, 2.45) is 0 Å². The Bertz CT molecular complexity index is 746. The Labute approximate surface area is 143 Å². The molecule has 1 aliphatic rings. The average molecular weight is 350 g/mol. The van der Waals surface area contributed by atoms with Gasteiger partial charge in [-0.1, -0.05) is 0 Å². The molecule has 1 aromatic heterocycles. The van der Waals surface area contributed by atoms with Crippen LogP contribution in [0.15, 0.2) is 23.4 Å². The monoisotopic (exact) mass is 350 g/mol. The summed E-state index contributed by atoms with van der Waals surface area (Å²) in [6.45, 7) is 4.82. The highest BCUT2D eigenvalue weighted by atomic mass is 16.6. The lowest BCUT2D eigenvalue weighted by molar-refractivity contribution is -0.390. The predicted molar refractivity (Wildman–Crippen MR) is 85.9 cm³/mol. The van der Waals surface area contributed by atoms with Crippen molar-refractivity contribution in [2.75, 3.05) is 13.2 Å². The van der Waals surface area contributed by atoms with Crippen LogP contribution in [0.3, 0.4) is 0 Å². The fourth-order valence-corrected chi connectivity index (χ4v) is 2.32. The molecule has 134 valence electrons. The summed E-state index contributed by atoms with van der Waals surface area (Å²) in [6.07, 6.45) is 0.